The molecular formula is C15H19FN2O. The topological polar surface area (TPSA) is 33.2 Å². The summed E-state index contributed by atoms with van der Waals surface area (Å²) in [5.74, 6) is -0.217. The van der Waals surface area contributed by atoms with Crippen LogP contribution in [-0.2, 0) is 0 Å². The number of hydrogen-bond donors (Lipinski definition) is 0. The molecule has 2 aliphatic rings. The molecule has 3 rings (SSSR count). The molecular weight excluding hydrogens is 243 g/mol. The van der Waals surface area contributed by atoms with Gasteiger partial charge in [0.05, 0.1) is 6.20 Å². The van der Waals surface area contributed by atoms with Gasteiger partial charge >= 0.3 is 0 Å². The zero-order chi connectivity index (χ0) is 13.6. The highest BCUT2D eigenvalue weighted by atomic mass is 19.1. The molecule has 2 atom stereocenters. The second-order valence-electron chi connectivity index (χ2n) is 5.90. The van der Waals surface area contributed by atoms with E-state index in [1.807, 2.05) is 0 Å². The molecule has 102 valence electrons. The van der Waals surface area contributed by atoms with Crippen LogP contribution in [0.25, 0.3) is 0 Å². The van der Waals surface area contributed by atoms with Crippen LogP contribution in [0.5, 0.6) is 0 Å². The summed E-state index contributed by atoms with van der Waals surface area (Å²) in [5, 5.41) is 0. The monoisotopic (exact) mass is 262 g/mol. The van der Waals surface area contributed by atoms with Gasteiger partial charge in [-0.15, -0.1) is 0 Å². The van der Waals surface area contributed by atoms with Gasteiger partial charge < -0.3 is 4.90 Å². The molecule has 0 N–H and O–H groups in total. The zero-order valence-electron chi connectivity index (χ0n) is 11.4. The number of aryl methyl sites for hydroxylation is 1. The van der Waals surface area contributed by atoms with Crippen molar-refractivity contribution in [1.82, 2.24) is 9.88 Å². The Morgan fingerprint density at radius 3 is 2.58 bits per heavy atom. The van der Waals surface area contributed by atoms with Gasteiger partial charge in [-0.3, -0.25) is 4.79 Å². The molecule has 19 heavy (non-hydrogen) atoms. The number of rotatable bonds is 2. The summed E-state index contributed by atoms with van der Waals surface area (Å²) < 4.78 is 13.1. The minimum Gasteiger partial charge on any atom is -0.300 e. The first-order valence-electron chi connectivity index (χ1n) is 6.94. The van der Waals surface area contributed by atoms with Crippen molar-refractivity contribution in [3.05, 3.63) is 29.3 Å². The highest BCUT2D eigenvalue weighted by Crippen LogP contribution is 2.38. The van der Waals surface area contributed by atoms with Crippen molar-refractivity contribution in [3.63, 3.8) is 0 Å². The fraction of sp³-hybridized carbons (Fsp3) is 0.600. The Morgan fingerprint density at radius 2 is 2.00 bits per heavy atom. The number of aromatic nitrogens is 1. The van der Waals surface area contributed by atoms with E-state index in [1.165, 1.54) is 18.9 Å². The van der Waals surface area contributed by atoms with Crippen molar-refractivity contribution in [1.29, 1.82) is 0 Å². The lowest BCUT2D eigenvalue weighted by atomic mass is 9.85. The standard InChI is InChI=1S/C15H19FN2O/c1-9-5-11(16)8-17-14(9)15(19)10-6-12-3-4-13(7-10)18(12)2/h5,8,10,12-13H,3-4,6-7H2,1-2H3. The Balaban J connectivity index is 1.81. The predicted octanol–water partition coefficient (Wildman–Crippen LogP) is 2.58. The third-order valence-corrected chi connectivity index (χ3v) is 4.75. The van der Waals surface area contributed by atoms with Crippen LogP contribution in [-0.4, -0.2) is 34.8 Å². The molecule has 1 aromatic rings. The fourth-order valence-electron chi connectivity index (χ4n) is 3.62. The molecule has 0 spiro atoms. The van der Waals surface area contributed by atoms with Crippen molar-refractivity contribution < 1.29 is 9.18 Å². The third-order valence-electron chi connectivity index (χ3n) is 4.75. The van der Waals surface area contributed by atoms with E-state index in [2.05, 4.69) is 16.9 Å². The van der Waals surface area contributed by atoms with Crippen molar-refractivity contribution in [2.75, 3.05) is 7.05 Å². The van der Waals surface area contributed by atoms with Crippen LogP contribution in [0.15, 0.2) is 12.3 Å². The summed E-state index contributed by atoms with van der Waals surface area (Å²) in [5.41, 5.74) is 1.10. The summed E-state index contributed by atoms with van der Waals surface area (Å²) in [4.78, 5) is 19.0. The van der Waals surface area contributed by atoms with Crippen molar-refractivity contribution in [2.24, 2.45) is 5.92 Å². The molecule has 0 aromatic carbocycles. The van der Waals surface area contributed by atoms with Crippen molar-refractivity contribution in [3.8, 4) is 0 Å². The number of halogens is 1. The van der Waals surface area contributed by atoms with E-state index >= 15 is 0 Å². The van der Waals surface area contributed by atoms with E-state index in [1.54, 1.807) is 6.92 Å². The predicted molar refractivity (Wildman–Crippen MR) is 70.6 cm³/mol. The number of ketones is 1. The maximum atomic E-state index is 13.1. The molecule has 2 unspecified atom stereocenters. The van der Waals surface area contributed by atoms with Gasteiger partial charge in [-0.1, -0.05) is 0 Å². The zero-order valence-corrected chi connectivity index (χ0v) is 11.4. The average Bonchev–Trinajstić information content (AvgIpc) is 2.61. The quantitative estimate of drug-likeness (QED) is 0.768. The van der Waals surface area contributed by atoms with E-state index in [0.29, 0.717) is 23.3 Å². The number of hydrogen-bond acceptors (Lipinski definition) is 3. The molecule has 2 aliphatic heterocycles. The van der Waals surface area contributed by atoms with Gasteiger partial charge in [-0.05, 0) is 51.3 Å². The molecule has 4 heteroatoms. The number of pyridine rings is 1. The molecule has 2 bridgehead atoms. The Labute approximate surface area is 112 Å². The minimum atomic E-state index is -0.377. The van der Waals surface area contributed by atoms with Gasteiger partial charge in [0.2, 0.25) is 0 Å². The molecule has 1 aromatic heterocycles. The second-order valence-corrected chi connectivity index (χ2v) is 5.90. The summed E-state index contributed by atoms with van der Waals surface area (Å²) in [6.45, 7) is 1.76. The number of fused-ring (bicyclic) bond motifs is 2. The average molecular weight is 262 g/mol. The van der Waals surface area contributed by atoms with Crippen molar-refractivity contribution in [2.45, 2.75) is 44.7 Å². The molecule has 3 heterocycles. The molecule has 2 saturated heterocycles. The number of Topliss-reactive ketones (excluding diaryl/α,β-unsaturated/α-hetero) is 1. The molecule has 2 fully saturated rings. The maximum Gasteiger partial charge on any atom is 0.184 e. The Bertz CT molecular complexity index is 503. The first kappa shape index (κ1) is 12.7. The smallest absolute Gasteiger partial charge is 0.184 e. The van der Waals surface area contributed by atoms with Crippen LogP contribution in [0, 0.1) is 18.7 Å². The van der Waals surface area contributed by atoms with Crippen LogP contribution in [0.3, 0.4) is 0 Å². The highest BCUT2D eigenvalue weighted by molar-refractivity contribution is 5.97. The van der Waals surface area contributed by atoms with Crippen LogP contribution in [0.4, 0.5) is 4.39 Å². The first-order valence-corrected chi connectivity index (χ1v) is 6.94. The highest BCUT2D eigenvalue weighted by Gasteiger charge is 2.41. The van der Waals surface area contributed by atoms with Gasteiger partial charge in [0.25, 0.3) is 0 Å². The molecule has 0 saturated carbocycles. The number of piperidine rings is 1. The minimum absolute atomic E-state index is 0.0605. The maximum absolute atomic E-state index is 13.1. The van der Waals surface area contributed by atoms with Gasteiger partial charge in [0.15, 0.2) is 5.78 Å². The van der Waals surface area contributed by atoms with Crippen molar-refractivity contribution >= 4 is 5.78 Å². The van der Waals surface area contributed by atoms with E-state index in [0.717, 1.165) is 19.0 Å². The second kappa shape index (κ2) is 4.67. The van der Waals surface area contributed by atoms with E-state index < -0.39 is 0 Å². The summed E-state index contributed by atoms with van der Waals surface area (Å²) in [6, 6.07) is 2.46. The molecule has 0 radical (unpaired) electrons. The lowest BCUT2D eigenvalue weighted by molar-refractivity contribution is 0.0761. The summed E-state index contributed by atoms with van der Waals surface area (Å²) >= 11 is 0. The Morgan fingerprint density at radius 1 is 1.37 bits per heavy atom. The molecule has 3 nitrogen and oxygen atoms in total. The van der Waals surface area contributed by atoms with Crippen LogP contribution < -0.4 is 0 Å². The Kier molecular flexibility index (Phi) is 3.13. The number of nitrogens with zero attached hydrogens (tertiary/aromatic N) is 2. The Hall–Kier alpha value is -1.29. The normalized spacial score (nSPS) is 30.6. The van der Waals surface area contributed by atoms with Gasteiger partial charge in [0.1, 0.15) is 11.5 Å². The van der Waals surface area contributed by atoms with Gasteiger partial charge in [-0.25, -0.2) is 9.37 Å². The fourth-order valence-corrected chi connectivity index (χ4v) is 3.62. The SMILES string of the molecule is Cc1cc(F)cnc1C(=O)C1CC2CCC(C1)N2C. The molecule has 0 aliphatic carbocycles. The van der Waals surface area contributed by atoms with E-state index in [-0.39, 0.29) is 17.5 Å². The summed E-state index contributed by atoms with van der Waals surface area (Å²) in [7, 11) is 2.16. The van der Waals surface area contributed by atoms with Crippen LogP contribution >= 0.6 is 0 Å². The number of carbonyl (C=O) groups excluding carboxylic acids is 1. The lowest BCUT2D eigenvalue weighted by Gasteiger charge is -2.35. The van der Waals surface area contributed by atoms with Crippen LogP contribution in [0.1, 0.15) is 41.7 Å². The third kappa shape index (κ3) is 2.18. The first-order chi connectivity index (χ1) is 9.06. The summed E-state index contributed by atoms with van der Waals surface area (Å²) in [6.07, 6.45) is 5.38. The van der Waals surface area contributed by atoms with E-state index in [9.17, 15) is 9.18 Å². The molecule has 0 amide bonds. The lowest BCUT2D eigenvalue weighted by Crippen LogP contribution is -2.42. The van der Waals surface area contributed by atoms with Gasteiger partial charge in [0, 0.05) is 18.0 Å². The number of carbonyl (C=O) groups is 1. The van der Waals surface area contributed by atoms with Crippen LogP contribution in [0.2, 0.25) is 0 Å². The van der Waals surface area contributed by atoms with E-state index in [4.69, 9.17) is 0 Å². The largest absolute Gasteiger partial charge is 0.300 e. The van der Waals surface area contributed by atoms with Gasteiger partial charge in [-0.2, -0.15) is 0 Å².